The molecule has 1 aromatic carbocycles. The van der Waals surface area contributed by atoms with Gasteiger partial charge < -0.3 is 10.5 Å². The molecule has 0 aliphatic rings. The van der Waals surface area contributed by atoms with Gasteiger partial charge in [-0.05, 0) is 41.1 Å². The Morgan fingerprint density at radius 1 is 1.27 bits per heavy atom. The number of halogens is 1. The Morgan fingerprint density at radius 3 is 2.73 bits per heavy atom. The zero-order valence-electron chi connectivity index (χ0n) is 9.13. The van der Waals surface area contributed by atoms with Crippen LogP contribution in [0.5, 0.6) is 5.75 Å². The molecule has 2 nitrogen and oxygen atoms in total. The molecule has 0 bridgehead atoms. The molecule has 3 heteroatoms. The molecule has 0 fully saturated rings. The maximum absolute atomic E-state index is 5.83. The van der Waals surface area contributed by atoms with Crippen LogP contribution in [0.25, 0.3) is 0 Å². The summed E-state index contributed by atoms with van der Waals surface area (Å²) in [5, 5.41) is 0. The van der Waals surface area contributed by atoms with Crippen molar-refractivity contribution in [2.24, 2.45) is 0 Å². The van der Waals surface area contributed by atoms with Crippen molar-refractivity contribution in [3.05, 3.63) is 21.8 Å². The van der Waals surface area contributed by atoms with Crippen LogP contribution in [0.4, 0.5) is 5.69 Å². The van der Waals surface area contributed by atoms with Gasteiger partial charge in [0, 0.05) is 0 Å². The number of para-hydroxylation sites is 1. The van der Waals surface area contributed by atoms with Gasteiger partial charge in [0.05, 0.1) is 15.9 Å². The average Bonchev–Trinajstić information content (AvgIpc) is 2.21. The summed E-state index contributed by atoms with van der Waals surface area (Å²) in [6.45, 7) is 2.98. The summed E-state index contributed by atoms with van der Waals surface area (Å²) in [4.78, 5) is 0. The van der Waals surface area contributed by atoms with Gasteiger partial charge in [-0.1, -0.05) is 32.3 Å². The Kier molecular flexibility index (Phi) is 5.83. The number of unbranched alkanes of at least 4 members (excludes halogenated alkanes) is 3. The molecule has 0 heterocycles. The van der Waals surface area contributed by atoms with Crippen LogP contribution in [0.15, 0.2) is 18.2 Å². The van der Waals surface area contributed by atoms with Crippen molar-refractivity contribution in [1.82, 2.24) is 0 Å². The SMILES string of the molecule is CCCCCCOc1c(N)cccc1I. The maximum Gasteiger partial charge on any atom is 0.155 e. The molecule has 0 unspecified atom stereocenters. The lowest BCUT2D eigenvalue weighted by atomic mass is 10.2. The Hall–Kier alpha value is -0.450. The summed E-state index contributed by atoms with van der Waals surface area (Å²) in [6.07, 6.45) is 4.88. The highest BCUT2D eigenvalue weighted by Crippen LogP contribution is 2.27. The normalized spacial score (nSPS) is 10.3. The molecule has 0 radical (unpaired) electrons. The van der Waals surface area contributed by atoms with Gasteiger partial charge in [-0.25, -0.2) is 0 Å². The zero-order valence-corrected chi connectivity index (χ0v) is 11.3. The van der Waals surface area contributed by atoms with E-state index in [9.17, 15) is 0 Å². The second kappa shape index (κ2) is 6.93. The molecule has 0 saturated carbocycles. The highest BCUT2D eigenvalue weighted by atomic mass is 127. The number of nitrogens with two attached hydrogens (primary N) is 1. The van der Waals surface area contributed by atoms with Crippen molar-refractivity contribution >= 4 is 28.3 Å². The van der Waals surface area contributed by atoms with Crippen molar-refractivity contribution in [3.8, 4) is 5.75 Å². The molecule has 0 atom stereocenters. The first kappa shape index (κ1) is 12.6. The van der Waals surface area contributed by atoms with Gasteiger partial charge >= 0.3 is 0 Å². The van der Waals surface area contributed by atoms with E-state index in [1.54, 1.807) is 0 Å². The molecule has 0 amide bonds. The molecular weight excluding hydrogens is 301 g/mol. The third-order valence-electron chi connectivity index (χ3n) is 2.24. The molecule has 0 aliphatic heterocycles. The van der Waals surface area contributed by atoms with Gasteiger partial charge in [0.2, 0.25) is 0 Å². The van der Waals surface area contributed by atoms with Crippen molar-refractivity contribution in [2.45, 2.75) is 32.6 Å². The van der Waals surface area contributed by atoms with Crippen LogP contribution in [0.1, 0.15) is 32.6 Å². The van der Waals surface area contributed by atoms with E-state index in [1.807, 2.05) is 18.2 Å². The summed E-state index contributed by atoms with van der Waals surface area (Å²) in [7, 11) is 0. The standard InChI is InChI=1S/C12H18INO/c1-2-3-4-5-9-15-12-10(13)7-6-8-11(12)14/h6-8H,2-5,9,14H2,1H3. The summed E-state index contributed by atoms with van der Waals surface area (Å²) in [5.41, 5.74) is 6.57. The largest absolute Gasteiger partial charge is 0.490 e. The van der Waals surface area contributed by atoms with E-state index in [0.29, 0.717) is 0 Å². The molecule has 0 aliphatic carbocycles. The van der Waals surface area contributed by atoms with E-state index < -0.39 is 0 Å². The lowest BCUT2D eigenvalue weighted by molar-refractivity contribution is 0.304. The van der Waals surface area contributed by atoms with Crippen LogP contribution >= 0.6 is 22.6 Å². The summed E-state index contributed by atoms with van der Waals surface area (Å²) in [6, 6.07) is 5.84. The first-order valence-electron chi connectivity index (χ1n) is 5.42. The van der Waals surface area contributed by atoms with Crippen molar-refractivity contribution < 1.29 is 4.74 Å². The predicted octanol–water partition coefficient (Wildman–Crippen LogP) is 3.83. The highest BCUT2D eigenvalue weighted by molar-refractivity contribution is 14.1. The van der Waals surface area contributed by atoms with E-state index in [-0.39, 0.29) is 0 Å². The third-order valence-corrected chi connectivity index (χ3v) is 3.09. The first-order chi connectivity index (χ1) is 7.25. The van der Waals surface area contributed by atoms with Gasteiger partial charge in [-0.15, -0.1) is 0 Å². The van der Waals surface area contributed by atoms with Gasteiger partial charge in [0.1, 0.15) is 0 Å². The molecule has 84 valence electrons. The molecule has 0 spiro atoms. The molecule has 0 aromatic heterocycles. The van der Waals surface area contributed by atoms with Gasteiger partial charge in [0.25, 0.3) is 0 Å². The lowest BCUT2D eigenvalue weighted by Crippen LogP contribution is -2.01. The highest BCUT2D eigenvalue weighted by Gasteiger charge is 2.04. The smallest absolute Gasteiger partial charge is 0.155 e. The van der Waals surface area contributed by atoms with E-state index >= 15 is 0 Å². The fraction of sp³-hybridized carbons (Fsp3) is 0.500. The topological polar surface area (TPSA) is 35.2 Å². The second-order valence-corrected chi connectivity index (χ2v) is 4.73. The van der Waals surface area contributed by atoms with Gasteiger partial charge in [0.15, 0.2) is 5.75 Å². The first-order valence-corrected chi connectivity index (χ1v) is 6.50. The fourth-order valence-corrected chi connectivity index (χ4v) is 2.06. The minimum absolute atomic E-state index is 0.734. The van der Waals surface area contributed by atoms with E-state index in [2.05, 4.69) is 29.5 Å². The number of hydrogen-bond donors (Lipinski definition) is 1. The summed E-state index contributed by atoms with van der Waals surface area (Å²) < 4.78 is 6.77. The van der Waals surface area contributed by atoms with Crippen LogP contribution in [0, 0.1) is 3.57 Å². The number of ether oxygens (including phenoxy) is 1. The summed E-state index contributed by atoms with van der Waals surface area (Å²) in [5.74, 6) is 0.842. The van der Waals surface area contributed by atoms with Gasteiger partial charge in [-0.3, -0.25) is 0 Å². The quantitative estimate of drug-likeness (QED) is 0.491. The second-order valence-electron chi connectivity index (χ2n) is 3.57. The third kappa shape index (κ3) is 4.28. The van der Waals surface area contributed by atoms with Gasteiger partial charge in [-0.2, -0.15) is 0 Å². The van der Waals surface area contributed by atoms with Crippen molar-refractivity contribution in [1.29, 1.82) is 0 Å². The number of hydrogen-bond acceptors (Lipinski definition) is 2. The molecule has 1 rings (SSSR count). The van der Waals surface area contributed by atoms with Crippen LogP contribution in [0.2, 0.25) is 0 Å². The Bertz CT molecular complexity index is 281. The Morgan fingerprint density at radius 2 is 2.07 bits per heavy atom. The minimum Gasteiger partial charge on any atom is -0.490 e. The molecular formula is C12H18INO. The molecule has 1 aromatic rings. The van der Waals surface area contributed by atoms with Crippen LogP contribution in [-0.4, -0.2) is 6.61 Å². The molecule has 15 heavy (non-hydrogen) atoms. The minimum atomic E-state index is 0.734. The maximum atomic E-state index is 5.83. The lowest BCUT2D eigenvalue weighted by Gasteiger charge is -2.10. The number of nitrogen functional groups attached to an aromatic ring is 1. The van der Waals surface area contributed by atoms with E-state index in [1.165, 1.54) is 19.3 Å². The van der Waals surface area contributed by atoms with Crippen molar-refractivity contribution in [2.75, 3.05) is 12.3 Å². The fourth-order valence-electron chi connectivity index (χ4n) is 1.38. The van der Waals surface area contributed by atoms with Crippen LogP contribution in [-0.2, 0) is 0 Å². The number of anilines is 1. The zero-order chi connectivity index (χ0) is 11.1. The summed E-state index contributed by atoms with van der Waals surface area (Å²) >= 11 is 2.25. The monoisotopic (exact) mass is 319 g/mol. The van der Waals surface area contributed by atoms with Crippen LogP contribution < -0.4 is 10.5 Å². The molecule has 0 saturated heterocycles. The Labute approximate surface area is 105 Å². The van der Waals surface area contributed by atoms with E-state index in [4.69, 9.17) is 10.5 Å². The number of rotatable bonds is 6. The van der Waals surface area contributed by atoms with E-state index in [0.717, 1.165) is 28.0 Å². The van der Waals surface area contributed by atoms with Crippen molar-refractivity contribution in [3.63, 3.8) is 0 Å². The predicted molar refractivity (Wildman–Crippen MR) is 73.2 cm³/mol. The van der Waals surface area contributed by atoms with Crippen LogP contribution in [0.3, 0.4) is 0 Å². The molecule has 2 N–H and O–H groups in total. The average molecular weight is 319 g/mol. The number of benzene rings is 1. The Balaban J connectivity index is 2.37.